The molecule has 78 valence electrons. The number of hydrogen-bond donors (Lipinski definition) is 3. The molecule has 2 saturated heterocycles. The van der Waals surface area contributed by atoms with Gasteiger partial charge < -0.3 is 20.5 Å². The summed E-state index contributed by atoms with van der Waals surface area (Å²) in [6, 6.07) is -0.518. The largest absolute Gasteiger partial charge is 0.480 e. The third-order valence-corrected chi connectivity index (χ3v) is 2.44. The third kappa shape index (κ3) is 1.85. The van der Waals surface area contributed by atoms with Crippen molar-refractivity contribution >= 4 is 11.9 Å². The first-order valence-electron chi connectivity index (χ1n) is 4.56. The molecule has 1 unspecified atom stereocenters. The zero-order chi connectivity index (χ0) is 10.1. The van der Waals surface area contributed by atoms with Crippen molar-refractivity contribution in [1.29, 1.82) is 0 Å². The summed E-state index contributed by atoms with van der Waals surface area (Å²) in [5.74, 6) is -0.871. The Morgan fingerprint density at radius 3 is 2.79 bits per heavy atom. The maximum atomic E-state index is 10.6. The molecule has 2 aliphatic rings. The van der Waals surface area contributed by atoms with Gasteiger partial charge in [0.05, 0.1) is 12.5 Å². The van der Waals surface area contributed by atoms with Crippen molar-refractivity contribution in [3.8, 4) is 0 Å². The highest BCUT2D eigenvalue weighted by Crippen LogP contribution is 2.16. The molecule has 0 aromatic heterocycles. The summed E-state index contributed by atoms with van der Waals surface area (Å²) in [5, 5.41) is 14.1. The van der Waals surface area contributed by atoms with E-state index in [1.54, 1.807) is 0 Å². The number of carboxylic acid groups (broad SMARTS) is 1. The molecule has 0 aromatic rings. The minimum absolute atomic E-state index is 0.0178. The zero-order valence-electron chi connectivity index (χ0n) is 7.53. The van der Waals surface area contributed by atoms with Crippen LogP contribution in [-0.2, 0) is 14.3 Å². The summed E-state index contributed by atoms with van der Waals surface area (Å²) in [4.78, 5) is 21.1. The van der Waals surface area contributed by atoms with Crippen molar-refractivity contribution in [3.05, 3.63) is 0 Å². The molecule has 0 aromatic carbocycles. The van der Waals surface area contributed by atoms with Crippen molar-refractivity contribution < 1.29 is 19.4 Å². The maximum absolute atomic E-state index is 10.6. The SMILES string of the molecule is O=C1CC(O[C@@H]2CN[C@H](C(=O)O)C2)N1. The first-order valence-corrected chi connectivity index (χ1v) is 4.56. The van der Waals surface area contributed by atoms with Crippen LogP contribution in [0.3, 0.4) is 0 Å². The number of carbonyl (C=O) groups is 2. The Morgan fingerprint density at radius 1 is 1.57 bits per heavy atom. The van der Waals surface area contributed by atoms with E-state index in [2.05, 4.69) is 10.6 Å². The third-order valence-electron chi connectivity index (χ3n) is 2.44. The lowest BCUT2D eigenvalue weighted by Gasteiger charge is -2.29. The summed E-state index contributed by atoms with van der Waals surface area (Å²) >= 11 is 0. The van der Waals surface area contributed by atoms with E-state index in [1.165, 1.54) is 0 Å². The number of nitrogens with one attached hydrogen (secondary N) is 2. The fourth-order valence-corrected chi connectivity index (χ4v) is 1.64. The fraction of sp³-hybridized carbons (Fsp3) is 0.750. The minimum Gasteiger partial charge on any atom is -0.480 e. The Hall–Kier alpha value is -1.14. The van der Waals surface area contributed by atoms with E-state index in [9.17, 15) is 9.59 Å². The van der Waals surface area contributed by atoms with Crippen molar-refractivity contribution in [2.45, 2.75) is 31.2 Å². The lowest BCUT2D eigenvalue weighted by atomic mass is 10.2. The summed E-state index contributed by atoms with van der Waals surface area (Å²) in [7, 11) is 0. The quantitative estimate of drug-likeness (QED) is 0.491. The van der Waals surface area contributed by atoms with Crippen LogP contribution < -0.4 is 10.6 Å². The van der Waals surface area contributed by atoms with Crippen LogP contribution in [0.25, 0.3) is 0 Å². The molecule has 2 fully saturated rings. The normalized spacial score (nSPS) is 36.3. The van der Waals surface area contributed by atoms with Crippen LogP contribution in [0.5, 0.6) is 0 Å². The van der Waals surface area contributed by atoms with Crippen molar-refractivity contribution in [2.75, 3.05) is 6.54 Å². The molecule has 1 amide bonds. The van der Waals surface area contributed by atoms with Crippen LogP contribution in [0.1, 0.15) is 12.8 Å². The van der Waals surface area contributed by atoms with E-state index in [0.717, 1.165) is 0 Å². The predicted octanol–water partition coefficient (Wildman–Crippen LogP) is -1.34. The Kier molecular flexibility index (Phi) is 2.39. The Bertz CT molecular complexity index is 260. The van der Waals surface area contributed by atoms with E-state index in [4.69, 9.17) is 9.84 Å². The monoisotopic (exact) mass is 200 g/mol. The van der Waals surface area contributed by atoms with Gasteiger partial charge in [-0.25, -0.2) is 0 Å². The highest BCUT2D eigenvalue weighted by molar-refractivity contribution is 5.82. The average Bonchev–Trinajstić information content (AvgIpc) is 2.50. The van der Waals surface area contributed by atoms with Crippen molar-refractivity contribution in [2.24, 2.45) is 0 Å². The molecule has 0 spiro atoms. The molecule has 2 aliphatic heterocycles. The molecular formula is C8H12N2O4. The molecule has 0 bridgehead atoms. The lowest BCUT2D eigenvalue weighted by Crippen LogP contribution is -2.51. The van der Waals surface area contributed by atoms with Gasteiger partial charge in [0, 0.05) is 13.0 Å². The van der Waals surface area contributed by atoms with Gasteiger partial charge in [-0.1, -0.05) is 0 Å². The second-order valence-electron chi connectivity index (χ2n) is 3.55. The van der Waals surface area contributed by atoms with Crippen LogP contribution in [0.4, 0.5) is 0 Å². The molecule has 3 atom stereocenters. The topological polar surface area (TPSA) is 87.7 Å². The van der Waals surface area contributed by atoms with E-state index in [-0.39, 0.29) is 18.2 Å². The molecule has 6 heteroatoms. The van der Waals surface area contributed by atoms with E-state index < -0.39 is 12.0 Å². The summed E-state index contributed by atoms with van der Waals surface area (Å²) in [6.45, 7) is 0.531. The summed E-state index contributed by atoms with van der Waals surface area (Å²) < 4.78 is 5.44. The number of aliphatic carboxylic acids is 1. The molecule has 14 heavy (non-hydrogen) atoms. The van der Waals surface area contributed by atoms with Gasteiger partial charge in [-0.15, -0.1) is 0 Å². The maximum Gasteiger partial charge on any atom is 0.320 e. The van der Waals surface area contributed by atoms with E-state index in [1.807, 2.05) is 0 Å². The van der Waals surface area contributed by atoms with E-state index in [0.29, 0.717) is 19.4 Å². The molecule has 3 N–H and O–H groups in total. The smallest absolute Gasteiger partial charge is 0.320 e. The number of hydrogen-bond acceptors (Lipinski definition) is 4. The van der Waals surface area contributed by atoms with Gasteiger partial charge in [-0.2, -0.15) is 0 Å². The molecule has 6 nitrogen and oxygen atoms in total. The highest BCUT2D eigenvalue weighted by Gasteiger charge is 2.34. The van der Waals surface area contributed by atoms with Gasteiger partial charge >= 0.3 is 5.97 Å². The van der Waals surface area contributed by atoms with Crippen LogP contribution in [-0.4, -0.2) is 41.9 Å². The Labute approximate surface area is 80.6 Å². The van der Waals surface area contributed by atoms with Crippen molar-refractivity contribution in [1.82, 2.24) is 10.6 Å². The van der Waals surface area contributed by atoms with Gasteiger partial charge in [0.1, 0.15) is 12.3 Å². The molecule has 2 heterocycles. The van der Waals surface area contributed by atoms with Gasteiger partial charge in [0.2, 0.25) is 5.91 Å². The van der Waals surface area contributed by atoms with Crippen LogP contribution in [0.15, 0.2) is 0 Å². The second kappa shape index (κ2) is 3.55. The Morgan fingerprint density at radius 2 is 2.29 bits per heavy atom. The summed E-state index contributed by atoms with van der Waals surface area (Å²) in [6.07, 6.45) is 0.513. The van der Waals surface area contributed by atoms with Gasteiger partial charge in [-0.3, -0.25) is 9.59 Å². The van der Waals surface area contributed by atoms with Crippen LogP contribution in [0, 0.1) is 0 Å². The molecule has 2 rings (SSSR count). The van der Waals surface area contributed by atoms with Gasteiger partial charge in [-0.05, 0) is 0 Å². The number of carboxylic acids is 1. The number of β-lactam (4-membered cyclic amide) rings is 1. The average molecular weight is 200 g/mol. The minimum atomic E-state index is -0.853. The standard InChI is InChI=1S/C8H12N2O4/c11-6-2-7(10-6)14-4-1-5(8(12)13)9-3-4/h4-5,7,9H,1-3H2,(H,10,11)(H,12,13)/t4-,5-,7?/m0/s1. The van der Waals surface area contributed by atoms with Gasteiger partial charge in [0.25, 0.3) is 0 Å². The zero-order valence-corrected chi connectivity index (χ0v) is 7.53. The molecule has 0 saturated carbocycles. The number of rotatable bonds is 3. The lowest BCUT2D eigenvalue weighted by molar-refractivity contribution is -0.146. The van der Waals surface area contributed by atoms with Crippen LogP contribution in [0.2, 0.25) is 0 Å². The Balaban J connectivity index is 1.73. The number of carbonyl (C=O) groups excluding carboxylic acids is 1. The van der Waals surface area contributed by atoms with E-state index >= 15 is 0 Å². The predicted molar refractivity (Wildman–Crippen MR) is 45.5 cm³/mol. The first-order chi connectivity index (χ1) is 6.65. The molecule has 0 aliphatic carbocycles. The van der Waals surface area contributed by atoms with Gasteiger partial charge in [0.15, 0.2) is 0 Å². The van der Waals surface area contributed by atoms with Crippen LogP contribution >= 0.6 is 0 Å². The van der Waals surface area contributed by atoms with Crippen molar-refractivity contribution in [3.63, 3.8) is 0 Å². The molecular weight excluding hydrogens is 188 g/mol. The highest BCUT2D eigenvalue weighted by atomic mass is 16.5. The number of amides is 1. The number of ether oxygens (including phenoxy) is 1. The molecule has 0 radical (unpaired) electrons. The second-order valence-corrected chi connectivity index (χ2v) is 3.55. The first kappa shape index (κ1) is 9.42. The fourth-order valence-electron chi connectivity index (χ4n) is 1.64. The summed E-state index contributed by atoms with van der Waals surface area (Å²) in [5.41, 5.74) is 0.